The molecule has 1 aliphatic heterocycles. The van der Waals surface area contributed by atoms with Crippen LogP contribution in [0.1, 0.15) is 4.88 Å². The minimum atomic E-state index is -0.474. The van der Waals surface area contributed by atoms with Crippen LogP contribution in [0.15, 0.2) is 48.0 Å². The zero-order valence-electron chi connectivity index (χ0n) is 10.8. The van der Waals surface area contributed by atoms with Crippen molar-refractivity contribution in [1.29, 1.82) is 0 Å². The number of hydrogen-bond donors (Lipinski definition) is 2. The number of carbonyl (C=O) groups is 2. The molecule has 104 valence electrons. The molecule has 0 saturated carbocycles. The predicted molar refractivity (Wildman–Crippen MR) is 86.6 cm³/mol. The van der Waals surface area contributed by atoms with Gasteiger partial charge in [0.05, 0.1) is 0 Å². The highest BCUT2D eigenvalue weighted by atomic mass is 32.1. The maximum absolute atomic E-state index is 11.8. The average molecular weight is 314 g/mol. The van der Waals surface area contributed by atoms with Crippen LogP contribution in [0.25, 0.3) is 16.5 Å². The number of thiophene rings is 1. The van der Waals surface area contributed by atoms with Gasteiger partial charge in [-0.05, 0) is 36.0 Å². The lowest BCUT2D eigenvalue weighted by Gasteiger charge is -2.15. The van der Waals surface area contributed by atoms with Crippen LogP contribution in [0.2, 0.25) is 0 Å². The third-order valence-electron chi connectivity index (χ3n) is 2.92. The highest BCUT2D eigenvalue weighted by molar-refractivity contribution is 7.80. The molecule has 1 aromatic heterocycles. The zero-order chi connectivity index (χ0) is 14.8. The minimum absolute atomic E-state index is 0.0401. The second-order valence-electron chi connectivity index (χ2n) is 4.36. The minimum Gasteiger partial charge on any atom is -0.299 e. The molecule has 0 bridgehead atoms. The van der Waals surface area contributed by atoms with Crippen LogP contribution in [-0.4, -0.2) is 16.9 Å². The van der Waals surface area contributed by atoms with E-state index in [1.807, 2.05) is 42.5 Å². The maximum atomic E-state index is 11.8. The Balaban J connectivity index is 1.90. The topological polar surface area (TPSA) is 58.2 Å². The molecule has 2 heterocycles. The van der Waals surface area contributed by atoms with Crippen LogP contribution < -0.4 is 10.6 Å². The van der Waals surface area contributed by atoms with Gasteiger partial charge < -0.3 is 0 Å². The van der Waals surface area contributed by atoms with Crippen molar-refractivity contribution in [3.63, 3.8) is 0 Å². The van der Waals surface area contributed by atoms with Gasteiger partial charge in [-0.15, -0.1) is 11.3 Å². The van der Waals surface area contributed by atoms with Gasteiger partial charge in [0.15, 0.2) is 5.11 Å². The number of carbonyl (C=O) groups excluding carboxylic acids is 2. The molecule has 1 fully saturated rings. The lowest BCUT2D eigenvalue weighted by molar-refractivity contribution is -0.123. The first-order valence-electron chi connectivity index (χ1n) is 6.17. The van der Waals surface area contributed by atoms with Gasteiger partial charge in [-0.25, -0.2) is 0 Å². The Kier molecular flexibility index (Phi) is 3.64. The van der Waals surface area contributed by atoms with Gasteiger partial charge >= 0.3 is 0 Å². The van der Waals surface area contributed by atoms with Gasteiger partial charge in [0.2, 0.25) is 0 Å². The van der Waals surface area contributed by atoms with E-state index in [0.29, 0.717) is 0 Å². The highest BCUT2D eigenvalue weighted by Crippen LogP contribution is 2.29. The first-order chi connectivity index (χ1) is 10.1. The Labute approximate surface area is 130 Å². The molecule has 1 saturated heterocycles. The second kappa shape index (κ2) is 5.59. The quantitative estimate of drug-likeness (QED) is 0.508. The fourth-order valence-corrected chi connectivity index (χ4v) is 3.08. The Morgan fingerprint density at radius 3 is 2.29 bits per heavy atom. The van der Waals surface area contributed by atoms with Gasteiger partial charge in [0, 0.05) is 9.75 Å². The predicted octanol–water partition coefficient (Wildman–Crippen LogP) is 2.33. The molecule has 2 N–H and O–H groups in total. The number of rotatable bonds is 2. The molecule has 2 amide bonds. The summed E-state index contributed by atoms with van der Waals surface area (Å²) in [5, 5.41) is 4.87. The van der Waals surface area contributed by atoms with E-state index in [9.17, 15) is 9.59 Å². The van der Waals surface area contributed by atoms with Crippen molar-refractivity contribution >= 4 is 46.6 Å². The first-order valence-corrected chi connectivity index (χ1v) is 7.39. The summed E-state index contributed by atoms with van der Waals surface area (Å²) in [6, 6.07) is 13.8. The van der Waals surface area contributed by atoms with Crippen molar-refractivity contribution in [2.45, 2.75) is 0 Å². The molecule has 0 spiro atoms. The molecule has 1 aliphatic rings. The summed E-state index contributed by atoms with van der Waals surface area (Å²) in [6.45, 7) is 0. The molecule has 4 nitrogen and oxygen atoms in total. The number of thiocarbonyl (C=S) groups is 1. The smallest absolute Gasteiger partial charge is 0.263 e. The van der Waals surface area contributed by atoms with Crippen molar-refractivity contribution in [2.24, 2.45) is 0 Å². The van der Waals surface area contributed by atoms with Crippen molar-refractivity contribution in [1.82, 2.24) is 10.6 Å². The largest absolute Gasteiger partial charge is 0.299 e. The van der Waals surface area contributed by atoms with Gasteiger partial charge in [0.1, 0.15) is 5.57 Å². The molecule has 0 aliphatic carbocycles. The molecular formula is C15H10N2O2S2. The fraction of sp³-hybridized carbons (Fsp3) is 0. The summed E-state index contributed by atoms with van der Waals surface area (Å²) in [6.07, 6.45) is 1.57. The van der Waals surface area contributed by atoms with E-state index in [2.05, 4.69) is 10.6 Å². The number of benzene rings is 1. The summed E-state index contributed by atoms with van der Waals surface area (Å²) in [7, 11) is 0. The van der Waals surface area contributed by atoms with E-state index in [0.717, 1.165) is 15.3 Å². The van der Waals surface area contributed by atoms with E-state index >= 15 is 0 Å². The molecule has 6 heteroatoms. The maximum Gasteiger partial charge on any atom is 0.263 e. The van der Waals surface area contributed by atoms with E-state index in [1.165, 1.54) is 11.3 Å². The SMILES string of the molecule is O=C1NC(=S)NC(=O)C1=Cc1ccc(-c2ccccc2)s1. The number of hydrogen-bond acceptors (Lipinski definition) is 4. The van der Waals surface area contributed by atoms with Crippen LogP contribution in [0.5, 0.6) is 0 Å². The van der Waals surface area contributed by atoms with Gasteiger partial charge in [-0.1, -0.05) is 30.3 Å². The highest BCUT2D eigenvalue weighted by Gasteiger charge is 2.25. The average Bonchev–Trinajstić information content (AvgIpc) is 2.92. The summed E-state index contributed by atoms with van der Waals surface area (Å²) < 4.78 is 0. The fourth-order valence-electron chi connectivity index (χ4n) is 1.94. The van der Waals surface area contributed by atoms with Crippen molar-refractivity contribution in [2.75, 3.05) is 0 Å². The van der Waals surface area contributed by atoms with Crippen LogP contribution >= 0.6 is 23.6 Å². The zero-order valence-corrected chi connectivity index (χ0v) is 12.4. The summed E-state index contributed by atoms with van der Waals surface area (Å²) in [5.74, 6) is -0.947. The lowest BCUT2D eigenvalue weighted by atomic mass is 10.1. The van der Waals surface area contributed by atoms with Crippen LogP contribution in [-0.2, 0) is 9.59 Å². The van der Waals surface area contributed by atoms with Crippen LogP contribution in [0.4, 0.5) is 0 Å². The van der Waals surface area contributed by atoms with Gasteiger partial charge in [-0.3, -0.25) is 20.2 Å². The van der Waals surface area contributed by atoms with E-state index in [4.69, 9.17) is 12.2 Å². The van der Waals surface area contributed by atoms with Gasteiger partial charge in [-0.2, -0.15) is 0 Å². The van der Waals surface area contributed by atoms with E-state index < -0.39 is 11.8 Å². The van der Waals surface area contributed by atoms with Crippen LogP contribution in [0.3, 0.4) is 0 Å². The Morgan fingerprint density at radius 1 is 0.952 bits per heavy atom. The summed E-state index contributed by atoms with van der Waals surface area (Å²) in [4.78, 5) is 25.5. The Morgan fingerprint density at radius 2 is 1.62 bits per heavy atom. The van der Waals surface area contributed by atoms with Crippen LogP contribution in [0, 0.1) is 0 Å². The second-order valence-corrected chi connectivity index (χ2v) is 5.89. The summed E-state index contributed by atoms with van der Waals surface area (Å²) in [5.41, 5.74) is 1.16. The molecule has 21 heavy (non-hydrogen) atoms. The third kappa shape index (κ3) is 2.91. The Hall–Kier alpha value is -2.31. The normalized spacial score (nSPS) is 14.7. The van der Waals surface area contributed by atoms with E-state index in [-0.39, 0.29) is 10.7 Å². The van der Waals surface area contributed by atoms with Crippen molar-refractivity contribution in [3.8, 4) is 10.4 Å². The summed E-state index contributed by atoms with van der Waals surface area (Å²) >= 11 is 6.27. The van der Waals surface area contributed by atoms with E-state index in [1.54, 1.807) is 6.08 Å². The standard InChI is InChI=1S/C15H10N2O2S2/c18-13-11(14(19)17-15(20)16-13)8-10-6-7-12(21-10)9-4-2-1-3-5-9/h1-8H,(H2,16,17,18,19,20). The first kappa shape index (κ1) is 13.7. The third-order valence-corrected chi connectivity index (χ3v) is 4.20. The lowest BCUT2D eigenvalue weighted by Crippen LogP contribution is -2.51. The molecule has 0 unspecified atom stereocenters. The molecule has 2 aromatic rings. The Bertz CT molecular complexity index is 741. The number of nitrogens with one attached hydrogen (secondary N) is 2. The molecule has 3 rings (SSSR count). The number of amides is 2. The molecule has 0 atom stereocenters. The molecule has 1 aromatic carbocycles. The van der Waals surface area contributed by atoms with Crippen molar-refractivity contribution < 1.29 is 9.59 Å². The van der Waals surface area contributed by atoms with Gasteiger partial charge in [0.25, 0.3) is 11.8 Å². The molecule has 0 radical (unpaired) electrons. The van der Waals surface area contributed by atoms with Crippen molar-refractivity contribution in [3.05, 3.63) is 52.9 Å². The molecular weight excluding hydrogens is 304 g/mol. The monoisotopic (exact) mass is 314 g/mol.